The summed E-state index contributed by atoms with van der Waals surface area (Å²) in [6.45, 7) is 6.31. The molecule has 3 rings (SSSR count). The predicted molar refractivity (Wildman–Crippen MR) is 87.6 cm³/mol. The van der Waals surface area contributed by atoms with Gasteiger partial charge in [-0.15, -0.1) is 0 Å². The lowest BCUT2D eigenvalue weighted by Crippen LogP contribution is -2.36. The molecule has 3 heterocycles. The fourth-order valence-corrected chi connectivity index (χ4v) is 2.82. The van der Waals surface area contributed by atoms with E-state index in [2.05, 4.69) is 10.1 Å². The highest BCUT2D eigenvalue weighted by molar-refractivity contribution is 5.98. The van der Waals surface area contributed by atoms with Crippen molar-refractivity contribution < 1.29 is 14.3 Å². The molecule has 0 spiro atoms. The third-order valence-corrected chi connectivity index (χ3v) is 3.94. The third kappa shape index (κ3) is 3.04. The van der Waals surface area contributed by atoms with Gasteiger partial charge in [0.15, 0.2) is 11.6 Å². The van der Waals surface area contributed by atoms with Crippen molar-refractivity contribution in [2.24, 2.45) is 5.92 Å². The summed E-state index contributed by atoms with van der Waals surface area (Å²) in [4.78, 5) is 30.4. The predicted octanol–water partition coefficient (Wildman–Crippen LogP) is 1.75. The van der Waals surface area contributed by atoms with Gasteiger partial charge in [-0.2, -0.15) is 5.10 Å². The summed E-state index contributed by atoms with van der Waals surface area (Å²) >= 11 is 0. The molecular weight excluding hydrogens is 310 g/mol. The number of likely N-dealkylation sites (tertiary alicyclic amines) is 1. The number of nitrogen functional groups attached to an aromatic ring is 1. The van der Waals surface area contributed by atoms with Crippen molar-refractivity contribution in [2.75, 3.05) is 18.8 Å². The lowest BCUT2D eigenvalue weighted by atomic mass is 10.0. The highest BCUT2D eigenvalue weighted by Gasteiger charge is 2.34. The molecular formula is C16H21N5O3. The molecule has 1 unspecified atom stereocenters. The molecule has 8 heteroatoms. The minimum atomic E-state index is -0.550. The van der Waals surface area contributed by atoms with Crippen LogP contribution in [0, 0.1) is 5.92 Å². The molecule has 0 bridgehead atoms. The zero-order valence-corrected chi connectivity index (χ0v) is 14.0. The standard InChI is InChI=1S/C16H21N5O3/c1-16(2,3)24-15(23)20-7-6-10(8-20)13(22)11-4-5-12-14(17)18-9-19-21(11)12/h4-5,9-10H,6-8H2,1-3H3,(H2,17,18,19). The van der Waals surface area contributed by atoms with E-state index in [1.165, 1.54) is 10.8 Å². The molecule has 0 radical (unpaired) electrons. The number of hydrogen-bond acceptors (Lipinski definition) is 6. The first kappa shape index (κ1) is 16.2. The maximum absolute atomic E-state index is 12.8. The van der Waals surface area contributed by atoms with Crippen molar-refractivity contribution in [2.45, 2.75) is 32.8 Å². The summed E-state index contributed by atoms with van der Waals surface area (Å²) in [5.41, 5.74) is 6.29. The molecule has 2 aromatic rings. The quantitative estimate of drug-likeness (QED) is 0.841. The topological polar surface area (TPSA) is 103 Å². The lowest BCUT2D eigenvalue weighted by Gasteiger charge is -2.24. The van der Waals surface area contributed by atoms with Crippen LogP contribution in [0.1, 0.15) is 37.7 Å². The van der Waals surface area contributed by atoms with Gasteiger partial charge in [0.25, 0.3) is 0 Å². The number of ketones is 1. The molecule has 0 aliphatic carbocycles. The van der Waals surface area contributed by atoms with Crippen molar-refractivity contribution in [3.05, 3.63) is 24.2 Å². The Kier molecular flexibility index (Phi) is 3.90. The van der Waals surface area contributed by atoms with E-state index in [-0.39, 0.29) is 17.8 Å². The van der Waals surface area contributed by atoms with Crippen LogP contribution < -0.4 is 5.73 Å². The number of hydrogen-bond donors (Lipinski definition) is 1. The molecule has 1 amide bonds. The third-order valence-electron chi connectivity index (χ3n) is 3.94. The average Bonchev–Trinajstić information content (AvgIpc) is 3.13. The van der Waals surface area contributed by atoms with E-state index in [0.717, 1.165) is 0 Å². The highest BCUT2D eigenvalue weighted by atomic mass is 16.6. The van der Waals surface area contributed by atoms with E-state index in [1.807, 2.05) is 20.8 Å². The average molecular weight is 331 g/mol. The molecule has 1 fully saturated rings. The molecule has 1 aliphatic rings. The van der Waals surface area contributed by atoms with E-state index in [1.54, 1.807) is 17.0 Å². The molecule has 0 saturated carbocycles. The molecule has 1 aliphatic heterocycles. The molecule has 1 saturated heterocycles. The number of fused-ring (bicyclic) bond motifs is 1. The van der Waals surface area contributed by atoms with Crippen LogP contribution in [0.5, 0.6) is 0 Å². The van der Waals surface area contributed by atoms with Crippen molar-refractivity contribution in [3.8, 4) is 0 Å². The molecule has 0 aromatic carbocycles. The molecule has 8 nitrogen and oxygen atoms in total. The van der Waals surface area contributed by atoms with Gasteiger partial charge in [0.2, 0.25) is 0 Å². The molecule has 128 valence electrons. The Morgan fingerprint density at radius 1 is 1.33 bits per heavy atom. The number of nitrogens with two attached hydrogens (primary N) is 1. The van der Waals surface area contributed by atoms with Crippen LogP contribution in [0.4, 0.5) is 10.6 Å². The van der Waals surface area contributed by atoms with Crippen LogP contribution in [0.3, 0.4) is 0 Å². The van der Waals surface area contributed by atoms with Crippen LogP contribution in [0.2, 0.25) is 0 Å². The maximum Gasteiger partial charge on any atom is 0.410 e. The van der Waals surface area contributed by atoms with E-state index < -0.39 is 5.60 Å². The van der Waals surface area contributed by atoms with Gasteiger partial charge >= 0.3 is 6.09 Å². The van der Waals surface area contributed by atoms with Crippen LogP contribution in [-0.4, -0.2) is 50.1 Å². The SMILES string of the molecule is CC(C)(C)OC(=O)N1CCC(C(=O)c2ccc3c(N)ncnn23)C1. The minimum absolute atomic E-state index is 0.0563. The number of carbonyl (C=O) groups is 2. The maximum atomic E-state index is 12.8. The van der Waals surface area contributed by atoms with Gasteiger partial charge in [0.05, 0.1) is 0 Å². The number of ether oxygens (including phenoxy) is 1. The number of amides is 1. The second-order valence-electron chi connectivity index (χ2n) is 6.94. The summed E-state index contributed by atoms with van der Waals surface area (Å²) in [6, 6.07) is 3.42. The number of nitrogens with zero attached hydrogens (tertiary/aromatic N) is 4. The van der Waals surface area contributed by atoms with Crippen LogP contribution in [-0.2, 0) is 4.74 Å². The summed E-state index contributed by atoms with van der Waals surface area (Å²) < 4.78 is 6.86. The Labute approximate surface area is 139 Å². The summed E-state index contributed by atoms with van der Waals surface area (Å²) in [7, 11) is 0. The van der Waals surface area contributed by atoms with Crippen molar-refractivity contribution in [1.82, 2.24) is 19.5 Å². The largest absolute Gasteiger partial charge is 0.444 e. The fourth-order valence-electron chi connectivity index (χ4n) is 2.82. The van der Waals surface area contributed by atoms with Crippen molar-refractivity contribution in [3.63, 3.8) is 0 Å². The van der Waals surface area contributed by atoms with Crippen LogP contribution >= 0.6 is 0 Å². The van der Waals surface area contributed by atoms with Crippen molar-refractivity contribution in [1.29, 1.82) is 0 Å². The van der Waals surface area contributed by atoms with E-state index in [4.69, 9.17) is 10.5 Å². The van der Waals surface area contributed by atoms with Gasteiger partial charge in [0, 0.05) is 19.0 Å². The van der Waals surface area contributed by atoms with Crippen LogP contribution in [0.15, 0.2) is 18.5 Å². The first-order valence-corrected chi connectivity index (χ1v) is 7.86. The summed E-state index contributed by atoms with van der Waals surface area (Å²) in [5, 5.41) is 4.10. The minimum Gasteiger partial charge on any atom is -0.444 e. The van der Waals surface area contributed by atoms with E-state index in [9.17, 15) is 9.59 Å². The number of anilines is 1. The number of aromatic nitrogens is 3. The van der Waals surface area contributed by atoms with Gasteiger partial charge in [-0.25, -0.2) is 14.3 Å². The number of rotatable bonds is 2. The molecule has 24 heavy (non-hydrogen) atoms. The van der Waals surface area contributed by atoms with Gasteiger partial charge in [-0.3, -0.25) is 4.79 Å². The van der Waals surface area contributed by atoms with E-state index in [0.29, 0.717) is 36.5 Å². The molecule has 2 aromatic heterocycles. The number of Topliss-reactive ketones (excluding diaryl/α,β-unsaturated/α-hetero) is 1. The monoisotopic (exact) mass is 331 g/mol. The zero-order chi connectivity index (χ0) is 17.5. The highest BCUT2D eigenvalue weighted by Crippen LogP contribution is 2.24. The first-order valence-electron chi connectivity index (χ1n) is 7.86. The van der Waals surface area contributed by atoms with Gasteiger partial charge < -0.3 is 15.4 Å². The van der Waals surface area contributed by atoms with Gasteiger partial charge in [-0.05, 0) is 39.3 Å². The Hall–Kier alpha value is -2.64. The molecule has 1 atom stereocenters. The van der Waals surface area contributed by atoms with Crippen molar-refractivity contribution >= 4 is 23.2 Å². The smallest absolute Gasteiger partial charge is 0.410 e. The van der Waals surface area contributed by atoms with Gasteiger partial charge in [0.1, 0.15) is 23.1 Å². The zero-order valence-electron chi connectivity index (χ0n) is 14.0. The summed E-state index contributed by atoms with van der Waals surface area (Å²) in [6.07, 6.45) is 1.54. The van der Waals surface area contributed by atoms with E-state index >= 15 is 0 Å². The van der Waals surface area contributed by atoms with Crippen LogP contribution in [0.25, 0.3) is 5.52 Å². The fraction of sp³-hybridized carbons (Fsp3) is 0.500. The number of carbonyl (C=O) groups excluding carboxylic acids is 2. The Bertz CT molecular complexity index is 793. The summed E-state index contributed by atoms with van der Waals surface area (Å²) in [5.74, 6) is -0.00294. The Morgan fingerprint density at radius 2 is 2.08 bits per heavy atom. The molecule has 2 N–H and O–H groups in total. The second-order valence-corrected chi connectivity index (χ2v) is 6.94. The normalized spacial score (nSPS) is 18.1. The Balaban J connectivity index is 1.75. The first-order chi connectivity index (χ1) is 11.3. The lowest BCUT2D eigenvalue weighted by molar-refractivity contribution is 0.0289. The second kappa shape index (κ2) is 5.77. The van der Waals surface area contributed by atoms with Gasteiger partial charge in [-0.1, -0.05) is 0 Å². The Morgan fingerprint density at radius 3 is 2.79 bits per heavy atom.